The maximum absolute atomic E-state index is 10.4. The van der Waals surface area contributed by atoms with Crippen molar-refractivity contribution in [3.05, 3.63) is 0 Å². The molecule has 0 saturated heterocycles. The van der Waals surface area contributed by atoms with E-state index in [1.165, 1.54) is 0 Å². The van der Waals surface area contributed by atoms with Crippen molar-refractivity contribution in [2.45, 2.75) is 36.4 Å². The second kappa shape index (κ2) is 6.28. The summed E-state index contributed by atoms with van der Waals surface area (Å²) < 4.78 is 14.2. The molecule has 1 fully saturated rings. The number of ether oxygens (including phenoxy) is 3. The fourth-order valence-corrected chi connectivity index (χ4v) is 2.07. The van der Waals surface area contributed by atoms with Crippen LogP contribution >= 0.6 is 0 Å². The molecule has 102 valence electrons. The molecular formula is C9H15N3O6. The highest BCUT2D eigenvalue weighted by molar-refractivity contribution is 5.41. The SMILES string of the molecule is NC1C(OC=O)C(N)C(OC=O)C(N)C1OC=O. The predicted molar refractivity (Wildman–Crippen MR) is 56.7 cm³/mol. The zero-order valence-corrected chi connectivity index (χ0v) is 9.38. The number of carbonyl (C=O) groups is 3. The van der Waals surface area contributed by atoms with Gasteiger partial charge in [-0.2, -0.15) is 0 Å². The highest BCUT2D eigenvalue weighted by Gasteiger charge is 2.50. The Labute approximate surface area is 102 Å². The first kappa shape index (κ1) is 14.4. The summed E-state index contributed by atoms with van der Waals surface area (Å²) in [6, 6.07) is -2.72. The number of carbonyl (C=O) groups excluding carboxylic acids is 3. The van der Waals surface area contributed by atoms with Crippen LogP contribution in [0.15, 0.2) is 0 Å². The summed E-state index contributed by atoms with van der Waals surface area (Å²) >= 11 is 0. The Kier molecular flexibility index (Phi) is 5.01. The summed E-state index contributed by atoms with van der Waals surface area (Å²) in [6.07, 6.45) is -2.92. The summed E-state index contributed by atoms with van der Waals surface area (Å²) in [5, 5.41) is 0. The molecule has 0 aliphatic heterocycles. The topological polar surface area (TPSA) is 157 Å². The zero-order chi connectivity index (χ0) is 13.7. The number of rotatable bonds is 6. The smallest absolute Gasteiger partial charge is 0.293 e. The first-order valence-electron chi connectivity index (χ1n) is 5.12. The lowest BCUT2D eigenvalue weighted by atomic mass is 9.81. The van der Waals surface area contributed by atoms with Crippen molar-refractivity contribution in [3.63, 3.8) is 0 Å². The monoisotopic (exact) mass is 261 g/mol. The minimum Gasteiger partial charge on any atom is -0.461 e. The molecule has 1 aliphatic rings. The van der Waals surface area contributed by atoms with E-state index in [4.69, 9.17) is 31.4 Å². The highest BCUT2D eigenvalue weighted by Crippen LogP contribution is 2.23. The van der Waals surface area contributed by atoms with Crippen LogP contribution in [-0.4, -0.2) is 55.9 Å². The largest absolute Gasteiger partial charge is 0.461 e. The van der Waals surface area contributed by atoms with Crippen molar-refractivity contribution < 1.29 is 28.6 Å². The average molecular weight is 261 g/mol. The van der Waals surface area contributed by atoms with Gasteiger partial charge in [0.1, 0.15) is 18.3 Å². The van der Waals surface area contributed by atoms with Crippen molar-refractivity contribution in [2.75, 3.05) is 0 Å². The van der Waals surface area contributed by atoms with E-state index in [0.717, 1.165) is 0 Å². The third kappa shape index (κ3) is 2.58. The Balaban J connectivity index is 2.96. The lowest BCUT2D eigenvalue weighted by Gasteiger charge is -2.44. The van der Waals surface area contributed by atoms with E-state index in [1.54, 1.807) is 0 Å². The molecule has 0 radical (unpaired) electrons. The third-order valence-corrected chi connectivity index (χ3v) is 2.91. The van der Waals surface area contributed by atoms with Crippen molar-refractivity contribution >= 4 is 19.4 Å². The van der Waals surface area contributed by atoms with Crippen LogP contribution < -0.4 is 17.2 Å². The fourth-order valence-electron chi connectivity index (χ4n) is 2.07. The Morgan fingerprint density at radius 3 is 1.00 bits per heavy atom. The third-order valence-electron chi connectivity index (χ3n) is 2.91. The van der Waals surface area contributed by atoms with Gasteiger partial charge in [0, 0.05) is 0 Å². The van der Waals surface area contributed by atoms with Crippen LogP contribution in [0.3, 0.4) is 0 Å². The summed E-state index contributed by atoms with van der Waals surface area (Å²) in [5.41, 5.74) is 17.3. The Morgan fingerprint density at radius 2 is 0.833 bits per heavy atom. The van der Waals surface area contributed by atoms with E-state index in [9.17, 15) is 14.4 Å². The van der Waals surface area contributed by atoms with E-state index in [2.05, 4.69) is 0 Å². The normalized spacial score (nSPS) is 39.5. The first-order valence-corrected chi connectivity index (χ1v) is 5.12. The summed E-state index contributed by atoms with van der Waals surface area (Å²) in [6.45, 7) is 0.492. The van der Waals surface area contributed by atoms with Crippen LogP contribution in [0.25, 0.3) is 0 Å². The van der Waals surface area contributed by atoms with Crippen molar-refractivity contribution in [1.29, 1.82) is 0 Å². The van der Waals surface area contributed by atoms with Gasteiger partial charge >= 0.3 is 0 Å². The van der Waals surface area contributed by atoms with Crippen molar-refractivity contribution in [1.82, 2.24) is 0 Å². The van der Waals surface area contributed by atoms with E-state index in [1.807, 2.05) is 0 Å². The highest BCUT2D eigenvalue weighted by atomic mass is 16.6. The van der Waals surface area contributed by atoms with E-state index < -0.39 is 36.4 Å². The lowest BCUT2D eigenvalue weighted by Crippen LogP contribution is -2.72. The van der Waals surface area contributed by atoms with Crippen LogP contribution in [-0.2, 0) is 28.6 Å². The summed E-state index contributed by atoms with van der Waals surface area (Å²) in [5.74, 6) is 0. The van der Waals surface area contributed by atoms with E-state index in [-0.39, 0.29) is 19.4 Å². The van der Waals surface area contributed by atoms with E-state index >= 15 is 0 Å². The lowest BCUT2D eigenvalue weighted by molar-refractivity contribution is -0.162. The molecule has 0 unspecified atom stereocenters. The quantitative estimate of drug-likeness (QED) is 0.327. The number of hydrogen-bond acceptors (Lipinski definition) is 9. The molecule has 0 spiro atoms. The molecule has 0 heterocycles. The fraction of sp³-hybridized carbons (Fsp3) is 0.667. The second-order valence-corrected chi connectivity index (χ2v) is 3.82. The Bertz CT molecular complexity index is 255. The van der Waals surface area contributed by atoms with Crippen LogP contribution in [0.1, 0.15) is 0 Å². The van der Waals surface area contributed by atoms with Crippen LogP contribution in [0.2, 0.25) is 0 Å². The zero-order valence-electron chi connectivity index (χ0n) is 9.38. The summed E-state index contributed by atoms with van der Waals surface area (Å²) in [4.78, 5) is 31.2. The molecule has 0 aromatic carbocycles. The van der Waals surface area contributed by atoms with Gasteiger partial charge in [-0.3, -0.25) is 14.4 Å². The molecule has 6 N–H and O–H groups in total. The number of nitrogens with two attached hydrogens (primary N) is 3. The molecule has 0 bridgehead atoms. The van der Waals surface area contributed by atoms with Crippen LogP contribution in [0.4, 0.5) is 0 Å². The van der Waals surface area contributed by atoms with Crippen molar-refractivity contribution in [3.8, 4) is 0 Å². The molecular weight excluding hydrogens is 246 g/mol. The molecule has 9 heteroatoms. The number of hydrogen-bond donors (Lipinski definition) is 3. The summed E-state index contributed by atoms with van der Waals surface area (Å²) in [7, 11) is 0. The first-order chi connectivity index (χ1) is 8.58. The Hall–Kier alpha value is -1.71. The molecule has 18 heavy (non-hydrogen) atoms. The minimum absolute atomic E-state index is 0.164. The van der Waals surface area contributed by atoms with Crippen LogP contribution in [0, 0.1) is 0 Å². The molecule has 9 nitrogen and oxygen atoms in total. The van der Waals surface area contributed by atoms with Gasteiger partial charge < -0.3 is 31.4 Å². The van der Waals surface area contributed by atoms with Crippen molar-refractivity contribution in [2.24, 2.45) is 17.2 Å². The van der Waals surface area contributed by atoms with E-state index in [0.29, 0.717) is 0 Å². The molecule has 0 amide bonds. The van der Waals surface area contributed by atoms with Gasteiger partial charge in [0.05, 0.1) is 18.1 Å². The van der Waals surface area contributed by atoms with Gasteiger partial charge in [0.2, 0.25) is 0 Å². The van der Waals surface area contributed by atoms with Gasteiger partial charge in [0.15, 0.2) is 0 Å². The van der Waals surface area contributed by atoms with Gasteiger partial charge in [-0.15, -0.1) is 0 Å². The van der Waals surface area contributed by atoms with Crippen LogP contribution in [0.5, 0.6) is 0 Å². The standard InChI is InChI=1S/C9H15N3O6/c10-4-7(16-1-13)5(11)9(18-3-15)6(12)8(4)17-2-14/h1-9H,10-12H2. The molecule has 0 aromatic rings. The molecule has 1 aliphatic carbocycles. The van der Waals surface area contributed by atoms with Gasteiger partial charge in [-0.05, 0) is 0 Å². The Morgan fingerprint density at radius 1 is 0.611 bits per heavy atom. The maximum atomic E-state index is 10.4. The minimum atomic E-state index is -0.975. The van der Waals surface area contributed by atoms with Gasteiger partial charge in [0.25, 0.3) is 19.4 Å². The maximum Gasteiger partial charge on any atom is 0.293 e. The molecule has 1 rings (SSSR count). The molecule has 0 aromatic heterocycles. The molecule has 0 atom stereocenters. The van der Waals surface area contributed by atoms with Gasteiger partial charge in [-0.1, -0.05) is 0 Å². The second-order valence-electron chi connectivity index (χ2n) is 3.82. The van der Waals surface area contributed by atoms with Gasteiger partial charge in [-0.25, -0.2) is 0 Å². The molecule has 1 saturated carbocycles. The average Bonchev–Trinajstić information content (AvgIpc) is 2.35. The predicted octanol–water partition coefficient (Wildman–Crippen LogP) is -3.39.